The molecule has 0 aliphatic heterocycles. The van der Waals surface area contributed by atoms with Crippen molar-refractivity contribution in [2.75, 3.05) is 13.2 Å². The van der Waals surface area contributed by atoms with Gasteiger partial charge < -0.3 is 10.1 Å². The molecule has 0 bridgehead atoms. The predicted octanol–water partition coefficient (Wildman–Crippen LogP) is 3.09. The van der Waals surface area contributed by atoms with Gasteiger partial charge in [-0.25, -0.2) is 0 Å². The van der Waals surface area contributed by atoms with Crippen molar-refractivity contribution in [2.24, 2.45) is 5.92 Å². The lowest BCUT2D eigenvalue weighted by Crippen LogP contribution is -2.36. The Hall–Kier alpha value is -1.02. The molecule has 0 fully saturated rings. The fourth-order valence-corrected chi connectivity index (χ4v) is 1.44. The van der Waals surface area contributed by atoms with Crippen molar-refractivity contribution in [3.8, 4) is 5.75 Å². The molecule has 0 aliphatic rings. The van der Waals surface area contributed by atoms with Crippen LogP contribution in [0.3, 0.4) is 0 Å². The van der Waals surface area contributed by atoms with E-state index in [1.807, 2.05) is 30.3 Å². The zero-order chi connectivity index (χ0) is 11.8. The molecule has 1 N–H and O–H groups in total. The van der Waals surface area contributed by atoms with Crippen molar-refractivity contribution < 1.29 is 4.74 Å². The molecule has 0 radical (unpaired) electrons. The summed E-state index contributed by atoms with van der Waals surface area (Å²) in [5.74, 6) is 1.64. The molecule has 1 aromatic rings. The van der Waals surface area contributed by atoms with Crippen LogP contribution in [0.2, 0.25) is 0 Å². The fraction of sp³-hybridized carbons (Fsp3) is 0.571. The first-order valence-corrected chi connectivity index (χ1v) is 6.13. The molecule has 1 unspecified atom stereocenters. The lowest BCUT2D eigenvalue weighted by atomic mass is 10.2. The van der Waals surface area contributed by atoms with Crippen molar-refractivity contribution in [1.29, 1.82) is 0 Å². The monoisotopic (exact) mass is 221 g/mol. The van der Waals surface area contributed by atoms with Gasteiger partial charge in [0, 0.05) is 6.04 Å². The molecular weight excluding hydrogens is 198 g/mol. The Bertz CT molecular complexity index is 271. The smallest absolute Gasteiger partial charge is 0.119 e. The highest BCUT2D eigenvalue weighted by Gasteiger charge is 2.06. The van der Waals surface area contributed by atoms with Crippen molar-refractivity contribution in [3.63, 3.8) is 0 Å². The maximum atomic E-state index is 5.73. The minimum atomic E-state index is 0.447. The van der Waals surface area contributed by atoms with Gasteiger partial charge in [-0.1, -0.05) is 39.0 Å². The highest BCUT2D eigenvalue weighted by Crippen LogP contribution is 2.09. The third-order valence-corrected chi connectivity index (χ3v) is 2.50. The van der Waals surface area contributed by atoms with Crippen molar-refractivity contribution >= 4 is 0 Å². The van der Waals surface area contributed by atoms with Crippen molar-refractivity contribution in [2.45, 2.75) is 33.2 Å². The number of para-hydroxylation sites is 1. The van der Waals surface area contributed by atoms with Crippen LogP contribution in [-0.2, 0) is 0 Å². The first-order chi connectivity index (χ1) is 7.72. The van der Waals surface area contributed by atoms with Gasteiger partial charge in [-0.2, -0.15) is 0 Å². The quantitative estimate of drug-likeness (QED) is 0.764. The van der Waals surface area contributed by atoms with Gasteiger partial charge in [0.25, 0.3) is 0 Å². The van der Waals surface area contributed by atoms with E-state index in [0.717, 1.165) is 25.3 Å². The van der Waals surface area contributed by atoms with E-state index in [0.29, 0.717) is 12.0 Å². The molecule has 1 aromatic carbocycles. The molecule has 0 saturated carbocycles. The van der Waals surface area contributed by atoms with E-state index < -0.39 is 0 Å². The molecule has 2 nitrogen and oxygen atoms in total. The first kappa shape index (κ1) is 13.0. The van der Waals surface area contributed by atoms with Crippen molar-refractivity contribution in [3.05, 3.63) is 30.3 Å². The van der Waals surface area contributed by atoms with E-state index in [1.165, 1.54) is 0 Å². The van der Waals surface area contributed by atoms with Gasteiger partial charge in [0.2, 0.25) is 0 Å². The molecule has 0 aromatic heterocycles. The molecular formula is C14H23NO. The second-order valence-electron chi connectivity index (χ2n) is 4.53. The van der Waals surface area contributed by atoms with Gasteiger partial charge in [-0.15, -0.1) is 0 Å². The van der Waals surface area contributed by atoms with E-state index in [1.54, 1.807) is 0 Å². The normalized spacial score (nSPS) is 12.8. The zero-order valence-corrected chi connectivity index (χ0v) is 10.6. The summed E-state index contributed by atoms with van der Waals surface area (Å²) in [5.41, 5.74) is 0. The van der Waals surface area contributed by atoms with Crippen LogP contribution >= 0.6 is 0 Å². The lowest BCUT2D eigenvalue weighted by Gasteiger charge is -2.18. The fourth-order valence-electron chi connectivity index (χ4n) is 1.44. The van der Waals surface area contributed by atoms with Gasteiger partial charge in [-0.05, 0) is 31.0 Å². The molecule has 16 heavy (non-hydrogen) atoms. The van der Waals surface area contributed by atoms with E-state index in [-0.39, 0.29) is 0 Å². The molecule has 0 amide bonds. The third-order valence-electron chi connectivity index (χ3n) is 2.50. The summed E-state index contributed by atoms with van der Waals surface area (Å²) >= 11 is 0. The number of rotatable bonds is 7. The molecule has 2 heteroatoms. The predicted molar refractivity (Wildman–Crippen MR) is 68.9 cm³/mol. The largest absolute Gasteiger partial charge is 0.492 e. The topological polar surface area (TPSA) is 21.3 Å². The minimum Gasteiger partial charge on any atom is -0.492 e. The summed E-state index contributed by atoms with van der Waals surface area (Å²) in [7, 11) is 0. The summed E-state index contributed by atoms with van der Waals surface area (Å²) in [6, 6.07) is 10.4. The van der Waals surface area contributed by atoms with Crippen LogP contribution in [0.15, 0.2) is 30.3 Å². The minimum absolute atomic E-state index is 0.447. The van der Waals surface area contributed by atoms with Crippen LogP contribution in [0.4, 0.5) is 0 Å². The molecule has 90 valence electrons. The summed E-state index contributed by atoms with van der Waals surface area (Å²) in [4.78, 5) is 0. The van der Waals surface area contributed by atoms with E-state index >= 15 is 0 Å². The van der Waals surface area contributed by atoms with Crippen molar-refractivity contribution in [1.82, 2.24) is 5.32 Å². The highest BCUT2D eigenvalue weighted by atomic mass is 16.5. The maximum Gasteiger partial charge on any atom is 0.119 e. The SMILES string of the molecule is CCC(COc1ccccc1)NCC(C)C. The lowest BCUT2D eigenvalue weighted by molar-refractivity contribution is 0.256. The Morgan fingerprint density at radius 3 is 2.44 bits per heavy atom. The van der Waals surface area contributed by atoms with Gasteiger partial charge in [0.05, 0.1) is 0 Å². The van der Waals surface area contributed by atoms with E-state index in [4.69, 9.17) is 4.74 Å². The summed E-state index contributed by atoms with van der Waals surface area (Å²) in [6.45, 7) is 8.42. The van der Waals surface area contributed by atoms with Crippen LogP contribution in [0.5, 0.6) is 5.75 Å². The third kappa shape index (κ3) is 5.17. The molecule has 1 rings (SSSR count). The van der Waals surface area contributed by atoms with Crippen LogP contribution < -0.4 is 10.1 Å². The summed E-state index contributed by atoms with van der Waals surface area (Å²) < 4.78 is 5.73. The second kappa shape index (κ2) is 7.29. The number of hydrogen-bond donors (Lipinski definition) is 1. The molecule has 0 spiro atoms. The Morgan fingerprint density at radius 2 is 1.88 bits per heavy atom. The van der Waals surface area contributed by atoms with E-state index in [2.05, 4.69) is 26.1 Å². The number of ether oxygens (including phenoxy) is 1. The van der Waals surface area contributed by atoms with Crippen LogP contribution in [-0.4, -0.2) is 19.2 Å². The van der Waals surface area contributed by atoms with Gasteiger partial charge in [0.1, 0.15) is 12.4 Å². The molecule has 0 aliphatic carbocycles. The zero-order valence-electron chi connectivity index (χ0n) is 10.6. The van der Waals surface area contributed by atoms with Gasteiger partial charge in [0.15, 0.2) is 0 Å². The van der Waals surface area contributed by atoms with Crippen LogP contribution in [0.25, 0.3) is 0 Å². The standard InChI is InChI=1S/C14H23NO/c1-4-13(15-10-12(2)3)11-16-14-8-6-5-7-9-14/h5-9,12-13,15H,4,10-11H2,1-3H3. The Balaban J connectivity index is 2.28. The summed E-state index contributed by atoms with van der Waals surface area (Å²) in [5, 5.41) is 3.51. The maximum absolute atomic E-state index is 5.73. The first-order valence-electron chi connectivity index (χ1n) is 6.13. The van der Waals surface area contributed by atoms with Crippen LogP contribution in [0.1, 0.15) is 27.2 Å². The average molecular weight is 221 g/mol. The molecule has 0 saturated heterocycles. The number of nitrogens with one attached hydrogen (secondary N) is 1. The van der Waals surface area contributed by atoms with Crippen LogP contribution in [0, 0.1) is 5.92 Å². The summed E-state index contributed by atoms with van der Waals surface area (Å²) in [6.07, 6.45) is 1.10. The Morgan fingerprint density at radius 1 is 1.19 bits per heavy atom. The van der Waals surface area contributed by atoms with E-state index in [9.17, 15) is 0 Å². The average Bonchev–Trinajstić information content (AvgIpc) is 2.30. The highest BCUT2D eigenvalue weighted by molar-refractivity contribution is 5.20. The second-order valence-corrected chi connectivity index (χ2v) is 4.53. The Labute approximate surface area is 99.0 Å². The van der Waals surface area contributed by atoms with Gasteiger partial charge in [-0.3, -0.25) is 0 Å². The molecule has 0 heterocycles. The number of hydrogen-bond acceptors (Lipinski definition) is 2. The number of benzene rings is 1. The molecule has 1 atom stereocenters. The van der Waals surface area contributed by atoms with Gasteiger partial charge >= 0.3 is 0 Å². The Kier molecular flexibility index (Phi) is 5.94.